The molecule has 0 aliphatic carbocycles. The molecule has 1 saturated heterocycles. The molecule has 0 aromatic rings. The lowest BCUT2D eigenvalue weighted by Crippen LogP contribution is -2.46. The van der Waals surface area contributed by atoms with Crippen LogP contribution < -0.4 is 0 Å². The zero-order valence-corrected chi connectivity index (χ0v) is 10.2. The molecule has 13 heavy (non-hydrogen) atoms. The molecule has 0 N–H and O–H groups in total. The van der Waals surface area contributed by atoms with Gasteiger partial charge in [0.2, 0.25) is 0 Å². The van der Waals surface area contributed by atoms with Gasteiger partial charge in [-0.05, 0) is 11.7 Å². The molecular weight excluding hydrogens is 182 g/mol. The Hall–Kier alpha value is 0.110. The van der Waals surface area contributed by atoms with Crippen LogP contribution in [0.3, 0.4) is 0 Å². The highest BCUT2D eigenvalue weighted by atomic mass is 32.2. The lowest BCUT2D eigenvalue weighted by Gasteiger charge is -2.36. The van der Waals surface area contributed by atoms with Crippen molar-refractivity contribution in [2.24, 2.45) is 5.41 Å². The molecule has 3 heteroatoms. The molecule has 0 aromatic carbocycles. The van der Waals surface area contributed by atoms with Crippen molar-refractivity contribution in [2.45, 2.75) is 20.8 Å². The van der Waals surface area contributed by atoms with E-state index in [-0.39, 0.29) is 0 Å². The summed E-state index contributed by atoms with van der Waals surface area (Å²) in [5, 5.41) is 0. The predicted octanol–water partition coefficient (Wildman–Crippen LogP) is 0.995. The van der Waals surface area contributed by atoms with Gasteiger partial charge in [0, 0.05) is 31.1 Å². The van der Waals surface area contributed by atoms with Crippen LogP contribution in [-0.2, 0) is 9.93 Å². The van der Waals surface area contributed by atoms with Crippen molar-refractivity contribution >= 4 is 9.93 Å². The Morgan fingerprint density at radius 3 is 2.08 bits per heavy atom. The largest absolute Gasteiger partial charge is 0.301 e. The van der Waals surface area contributed by atoms with Crippen LogP contribution in [0, 0.1) is 5.41 Å². The zero-order chi connectivity index (χ0) is 10.1. The normalized spacial score (nSPS) is 27.1. The Morgan fingerprint density at radius 2 is 1.69 bits per heavy atom. The maximum Gasteiger partial charge on any atom is 0.0139 e. The molecule has 80 valence electrons. The van der Waals surface area contributed by atoms with E-state index in [1.165, 1.54) is 0 Å². The van der Waals surface area contributed by atoms with Gasteiger partial charge in [-0.25, -0.2) is 0 Å². The summed E-state index contributed by atoms with van der Waals surface area (Å²) in [7, 11) is -1.73. The van der Waals surface area contributed by atoms with Crippen molar-refractivity contribution in [3.05, 3.63) is 0 Å². The summed E-state index contributed by atoms with van der Waals surface area (Å²) < 4.78 is 11.7. The molecule has 0 saturated carbocycles. The summed E-state index contributed by atoms with van der Waals surface area (Å²) in [5.41, 5.74) is 0.370. The minimum Gasteiger partial charge on any atom is -0.301 e. The Bertz CT molecular complexity index is 207. The third-order valence-electron chi connectivity index (χ3n) is 2.48. The van der Waals surface area contributed by atoms with Gasteiger partial charge in [0.25, 0.3) is 0 Å². The second-order valence-electron chi connectivity index (χ2n) is 5.58. The SMILES string of the molecule is CC(C)(C)CN1CC[SH](C)(=O)CC1. The van der Waals surface area contributed by atoms with Crippen molar-refractivity contribution in [1.82, 2.24) is 4.90 Å². The molecule has 0 unspecified atom stereocenters. The fourth-order valence-electron chi connectivity index (χ4n) is 1.76. The first-order chi connectivity index (χ1) is 5.79. The molecule has 1 fully saturated rings. The minimum atomic E-state index is -1.73. The van der Waals surface area contributed by atoms with Gasteiger partial charge in [0.05, 0.1) is 0 Å². The summed E-state index contributed by atoms with van der Waals surface area (Å²) in [6.45, 7) is 9.97. The second-order valence-corrected chi connectivity index (χ2v) is 9.07. The van der Waals surface area contributed by atoms with Gasteiger partial charge >= 0.3 is 0 Å². The van der Waals surface area contributed by atoms with E-state index in [0.717, 1.165) is 31.1 Å². The van der Waals surface area contributed by atoms with Crippen LogP contribution in [0.1, 0.15) is 20.8 Å². The second kappa shape index (κ2) is 3.70. The number of thiol groups is 1. The van der Waals surface area contributed by atoms with Gasteiger partial charge in [0.1, 0.15) is 0 Å². The molecule has 1 heterocycles. The average molecular weight is 205 g/mol. The van der Waals surface area contributed by atoms with Crippen LogP contribution in [0.2, 0.25) is 0 Å². The molecule has 0 amide bonds. The van der Waals surface area contributed by atoms with E-state index < -0.39 is 9.93 Å². The lowest BCUT2D eigenvalue weighted by molar-refractivity contribution is 0.205. The number of nitrogens with zero attached hydrogens (tertiary/aromatic N) is 1. The van der Waals surface area contributed by atoms with Gasteiger partial charge < -0.3 is 4.90 Å². The predicted molar refractivity (Wildman–Crippen MR) is 61.1 cm³/mol. The standard InChI is InChI=1S/C10H23NOS/c1-10(2,3)9-11-5-7-13(4,12)8-6-11/h13H,5-9H2,1-4H3. The van der Waals surface area contributed by atoms with E-state index in [0.29, 0.717) is 5.41 Å². The molecule has 1 rings (SSSR count). The first-order valence-electron chi connectivity index (χ1n) is 5.06. The molecule has 0 aromatic heterocycles. The summed E-state index contributed by atoms with van der Waals surface area (Å²) in [5.74, 6) is 1.84. The van der Waals surface area contributed by atoms with Crippen LogP contribution in [0.25, 0.3) is 0 Å². The molecule has 0 spiro atoms. The maximum atomic E-state index is 11.7. The van der Waals surface area contributed by atoms with E-state index in [9.17, 15) is 4.21 Å². The van der Waals surface area contributed by atoms with E-state index in [4.69, 9.17) is 0 Å². The maximum absolute atomic E-state index is 11.7. The van der Waals surface area contributed by atoms with Crippen LogP contribution in [0.5, 0.6) is 0 Å². The van der Waals surface area contributed by atoms with E-state index in [1.807, 2.05) is 6.26 Å². The molecule has 0 radical (unpaired) electrons. The topological polar surface area (TPSA) is 20.3 Å². The van der Waals surface area contributed by atoms with E-state index >= 15 is 0 Å². The molecular formula is C10H23NOS. The quantitative estimate of drug-likeness (QED) is 0.644. The average Bonchev–Trinajstić information content (AvgIpc) is 1.91. The van der Waals surface area contributed by atoms with Crippen molar-refractivity contribution in [2.75, 3.05) is 37.4 Å². The Balaban J connectivity index is 2.38. The van der Waals surface area contributed by atoms with Gasteiger partial charge in [-0.2, -0.15) is 0 Å². The van der Waals surface area contributed by atoms with Gasteiger partial charge in [0.15, 0.2) is 0 Å². The van der Waals surface area contributed by atoms with E-state index in [1.54, 1.807) is 0 Å². The Kier molecular flexibility index (Phi) is 3.18. The number of hydrogen-bond donors (Lipinski definition) is 1. The Morgan fingerprint density at radius 1 is 1.23 bits per heavy atom. The van der Waals surface area contributed by atoms with Crippen molar-refractivity contribution in [3.63, 3.8) is 0 Å². The molecule has 0 atom stereocenters. The van der Waals surface area contributed by atoms with Gasteiger partial charge in [-0.15, -0.1) is 9.93 Å². The fourth-order valence-corrected chi connectivity index (χ4v) is 3.39. The monoisotopic (exact) mass is 205 g/mol. The van der Waals surface area contributed by atoms with Crippen LogP contribution in [0.4, 0.5) is 0 Å². The van der Waals surface area contributed by atoms with E-state index in [2.05, 4.69) is 25.7 Å². The molecule has 2 nitrogen and oxygen atoms in total. The molecule has 0 bridgehead atoms. The first kappa shape index (κ1) is 11.2. The van der Waals surface area contributed by atoms with Crippen molar-refractivity contribution in [1.29, 1.82) is 0 Å². The zero-order valence-electron chi connectivity index (χ0n) is 9.34. The summed E-state index contributed by atoms with van der Waals surface area (Å²) >= 11 is 0. The van der Waals surface area contributed by atoms with Gasteiger partial charge in [-0.1, -0.05) is 20.8 Å². The minimum absolute atomic E-state index is 0.370. The number of rotatable bonds is 1. The van der Waals surface area contributed by atoms with Crippen LogP contribution >= 0.6 is 0 Å². The van der Waals surface area contributed by atoms with Crippen LogP contribution in [0.15, 0.2) is 0 Å². The van der Waals surface area contributed by atoms with Gasteiger partial charge in [-0.3, -0.25) is 4.21 Å². The van der Waals surface area contributed by atoms with Crippen molar-refractivity contribution < 1.29 is 4.21 Å². The number of hydrogen-bond acceptors (Lipinski definition) is 2. The fraction of sp³-hybridized carbons (Fsp3) is 1.00. The third-order valence-corrected chi connectivity index (χ3v) is 4.77. The molecule has 1 aliphatic rings. The lowest BCUT2D eigenvalue weighted by atomic mass is 9.96. The smallest absolute Gasteiger partial charge is 0.0139 e. The third kappa shape index (κ3) is 4.23. The highest BCUT2D eigenvalue weighted by molar-refractivity contribution is 8.02. The highest BCUT2D eigenvalue weighted by Crippen LogP contribution is 2.17. The molecule has 1 aliphatic heterocycles. The summed E-state index contributed by atoms with van der Waals surface area (Å²) in [4.78, 5) is 2.44. The van der Waals surface area contributed by atoms with Crippen molar-refractivity contribution in [3.8, 4) is 0 Å². The highest BCUT2D eigenvalue weighted by Gasteiger charge is 2.23. The summed E-state index contributed by atoms with van der Waals surface area (Å²) in [6.07, 6.45) is 1.95. The first-order valence-corrected chi connectivity index (χ1v) is 7.59. The summed E-state index contributed by atoms with van der Waals surface area (Å²) in [6, 6.07) is 0. The Labute approximate surface area is 83.1 Å². The van der Waals surface area contributed by atoms with Crippen LogP contribution in [-0.4, -0.2) is 46.5 Å².